The van der Waals surface area contributed by atoms with Gasteiger partial charge in [0.2, 0.25) is 0 Å². The SMILES string of the molecule is C[C@@H](CC(C)(C)C)N1CCN(C)CC1. The molecular weight excluding hydrogens is 172 g/mol. The Balaban J connectivity index is 2.34. The van der Waals surface area contributed by atoms with E-state index in [0.717, 1.165) is 6.04 Å². The van der Waals surface area contributed by atoms with Crippen LogP contribution in [0.15, 0.2) is 0 Å². The number of rotatable bonds is 2. The van der Waals surface area contributed by atoms with E-state index in [9.17, 15) is 0 Å². The first kappa shape index (κ1) is 12.0. The minimum atomic E-state index is 0.461. The van der Waals surface area contributed by atoms with Crippen LogP contribution >= 0.6 is 0 Å². The maximum atomic E-state index is 2.63. The second-order valence-electron chi connectivity index (χ2n) is 5.95. The van der Waals surface area contributed by atoms with Crippen LogP contribution in [0.3, 0.4) is 0 Å². The van der Waals surface area contributed by atoms with Crippen molar-refractivity contribution in [1.82, 2.24) is 9.80 Å². The van der Waals surface area contributed by atoms with Crippen molar-refractivity contribution in [2.75, 3.05) is 33.2 Å². The van der Waals surface area contributed by atoms with Crippen LogP contribution < -0.4 is 0 Å². The molecule has 0 aromatic carbocycles. The van der Waals surface area contributed by atoms with E-state index in [1.807, 2.05) is 0 Å². The molecule has 84 valence electrons. The minimum absolute atomic E-state index is 0.461. The van der Waals surface area contributed by atoms with Gasteiger partial charge in [-0.2, -0.15) is 0 Å². The van der Waals surface area contributed by atoms with Crippen molar-refractivity contribution >= 4 is 0 Å². The summed E-state index contributed by atoms with van der Waals surface area (Å²) in [7, 11) is 2.21. The Labute approximate surface area is 89.3 Å². The molecule has 2 nitrogen and oxygen atoms in total. The molecule has 1 saturated heterocycles. The molecular formula is C12H26N2. The van der Waals surface area contributed by atoms with Gasteiger partial charge in [-0.05, 0) is 25.8 Å². The lowest BCUT2D eigenvalue weighted by atomic mass is 9.88. The summed E-state index contributed by atoms with van der Waals surface area (Å²) in [6.07, 6.45) is 1.30. The van der Waals surface area contributed by atoms with Crippen molar-refractivity contribution in [3.8, 4) is 0 Å². The highest BCUT2D eigenvalue weighted by atomic mass is 15.3. The molecule has 1 aliphatic heterocycles. The zero-order valence-electron chi connectivity index (χ0n) is 10.5. The monoisotopic (exact) mass is 198 g/mol. The molecule has 0 amide bonds. The second kappa shape index (κ2) is 4.63. The fourth-order valence-corrected chi connectivity index (χ4v) is 2.28. The summed E-state index contributed by atoms with van der Waals surface area (Å²) >= 11 is 0. The number of hydrogen-bond donors (Lipinski definition) is 0. The van der Waals surface area contributed by atoms with Crippen molar-refractivity contribution < 1.29 is 0 Å². The average Bonchev–Trinajstić information content (AvgIpc) is 2.02. The van der Waals surface area contributed by atoms with Crippen LogP contribution in [0.4, 0.5) is 0 Å². The Kier molecular flexibility index (Phi) is 3.96. The van der Waals surface area contributed by atoms with E-state index < -0.39 is 0 Å². The molecule has 1 atom stereocenters. The smallest absolute Gasteiger partial charge is 0.0113 e. The largest absolute Gasteiger partial charge is 0.304 e. The molecule has 1 fully saturated rings. The van der Waals surface area contributed by atoms with Gasteiger partial charge in [-0.3, -0.25) is 4.90 Å². The number of piperazine rings is 1. The van der Waals surface area contributed by atoms with Gasteiger partial charge in [0, 0.05) is 32.2 Å². The van der Waals surface area contributed by atoms with E-state index in [2.05, 4.69) is 44.5 Å². The maximum absolute atomic E-state index is 2.63. The Morgan fingerprint density at radius 2 is 1.57 bits per heavy atom. The first-order chi connectivity index (χ1) is 6.38. The molecule has 0 aliphatic carbocycles. The fourth-order valence-electron chi connectivity index (χ4n) is 2.28. The predicted octanol–water partition coefficient (Wildman–Crippen LogP) is 2.06. The number of likely N-dealkylation sites (N-methyl/N-ethyl adjacent to an activating group) is 1. The summed E-state index contributed by atoms with van der Waals surface area (Å²) in [6, 6.07) is 0.740. The third-order valence-corrected chi connectivity index (χ3v) is 3.07. The highest BCUT2D eigenvalue weighted by Gasteiger charge is 2.23. The van der Waals surface area contributed by atoms with Gasteiger partial charge in [-0.15, -0.1) is 0 Å². The molecule has 1 heterocycles. The predicted molar refractivity (Wildman–Crippen MR) is 62.6 cm³/mol. The summed E-state index contributed by atoms with van der Waals surface area (Å²) in [4.78, 5) is 5.05. The summed E-state index contributed by atoms with van der Waals surface area (Å²) in [6.45, 7) is 14.3. The molecule has 0 N–H and O–H groups in total. The van der Waals surface area contributed by atoms with E-state index in [1.54, 1.807) is 0 Å². The fraction of sp³-hybridized carbons (Fsp3) is 1.00. The van der Waals surface area contributed by atoms with Crippen LogP contribution in [0, 0.1) is 5.41 Å². The molecule has 0 unspecified atom stereocenters. The van der Waals surface area contributed by atoms with Crippen molar-refractivity contribution in [2.24, 2.45) is 5.41 Å². The van der Waals surface area contributed by atoms with Gasteiger partial charge in [0.05, 0.1) is 0 Å². The van der Waals surface area contributed by atoms with Gasteiger partial charge in [0.1, 0.15) is 0 Å². The summed E-state index contributed by atoms with van der Waals surface area (Å²) in [5.41, 5.74) is 0.461. The molecule has 14 heavy (non-hydrogen) atoms. The first-order valence-corrected chi connectivity index (χ1v) is 5.81. The van der Waals surface area contributed by atoms with E-state index in [1.165, 1.54) is 32.6 Å². The Morgan fingerprint density at radius 1 is 1.07 bits per heavy atom. The zero-order valence-corrected chi connectivity index (χ0v) is 10.5. The lowest BCUT2D eigenvalue weighted by Crippen LogP contribution is -2.48. The van der Waals surface area contributed by atoms with Gasteiger partial charge < -0.3 is 4.90 Å². The van der Waals surface area contributed by atoms with E-state index in [0.29, 0.717) is 5.41 Å². The third kappa shape index (κ3) is 3.97. The van der Waals surface area contributed by atoms with Crippen molar-refractivity contribution in [2.45, 2.75) is 40.2 Å². The highest BCUT2D eigenvalue weighted by molar-refractivity contribution is 4.78. The van der Waals surface area contributed by atoms with E-state index in [-0.39, 0.29) is 0 Å². The van der Waals surface area contributed by atoms with Gasteiger partial charge in [0.25, 0.3) is 0 Å². The molecule has 0 spiro atoms. The highest BCUT2D eigenvalue weighted by Crippen LogP contribution is 2.23. The van der Waals surface area contributed by atoms with Crippen molar-refractivity contribution in [3.05, 3.63) is 0 Å². The molecule has 1 rings (SSSR count). The van der Waals surface area contributed by atoms with Crippen LogP contribution in [-0.4, -0.2) is 49.1 Å². The molecule has 0 radical (unpaired) electrons. The van der Waals surface area contributed by atoms with Crippen LogP contribution in [-0.2, 0) is 0 Å². The first-order valence-electron chi connectivity index (χ1n) is 5.81. The molecule has 1 aliphatic rings. The van der Waals surface area contributed by atoms with Gasteiger partial charge in [-0.25, -0.2) is 0 Å². The summed E-state index contributed by atoms with van der Waals surface area (Å²) < 4.78 is 0. The Hall–Kier alpha value is -0.0800. The van der Waals surface area contributed by atoms with Crippen LogP contribution in [0.25, 0.3) is 0 Å². The molecule has 0 bridgehead atoms. The molecule has 2 heteroatoms. The van der Waals surface area contributed by atoms with E-state index >= 15 is 0 Å². The Morgan fingerprint density at radius 3 is 2.00 bits per heavy atom. The second-order valence-corrected chi connectivity index (χ2v) is 5.95. The topological polar surface area (TPSA) is 6.48 Å². The normalized spacial score (nSPS) is 23.8. The lowest BCUT2D eigenvalue weighted by molar-refractivity contribution is 0.0967. The molecule has 0 saturated carbocycles. The third-order valence-electron chi connectivity index (χ3n) is 3.07. The van der Waals surface area contributed by atoms with Crippen molar-refractivity contribution in [1.29, 1.82) is 0 Å². The maximum Gasteiger partial charge on any atom is 0.0113 e. The lowest BCUT2D eigenvalue weighted by Gasteiger charge is -2.38. The average molecular weight is 198 g/mol. The number of nitrogens with zero attached hydrogens (tertiary/aromatic N) is 2. The quantitative estimate of drug-likeness (QED) is 0.670. The standard InChI is InChI=1S/C12H26N2/c1-11(10-12(2,3)4)14-8-6-13(5)7-9-14/h11H,6-10H2,1-5H3/t11-/m0/s1. The van der Waals surface area contributed by atoms with E-state index in [4.69, 9.17) is 0 Å². The van der Waals surface area contributed by atoms with Gasteiger partial charge in [0.15, 0.2) is 0 Å². The summed E-state index contributed by atoms with van der Waals surface area (Å²) in [5.74, 6) is 0. The van der Waals surface area contributed by atoms with Crippen LogP contribution in [0.1, 0.15) is 34.1 Å². The molecule has 0 aromatic rings. The zero-order chi connectivity index (χ0) is 10.8. The van der Waals surface area contributed by atoms with Crippen LogP contribution in [0.2, 0.25) is 0 Å². The summed E-state index contributed by atoms with van der Waals surface area (Å²) in [5, 5.41) is 0. The number of hydrogen-bond acceptors (Lipinski definition) is 2. The Bertz CT molecular complexity index is 164. The van der Waals surface area contributed by atoms with Crippen LogP contribution in [0.5, 0.6) is 0 Å². The minimum Gasteiger partial charge on any atom is -0.304 e. The van der Waals surface area contributed by atoms with Gasteiger partial charge in [-0.1, -0.05) is 20.8 Å². The van der Waals surface area contributed by atoms with Gasteiger partial charge >= 0.3 is 0 Å². The molecule has 0 aromatic heterocycles. The van der Waals surface area contributed by atoms with Crippen molar-refractivity contribution in [3.63, 3.8) is 0 Å².